The number of carbonyl (C=O) groups is 1. The molecule has 2 heterocycles. The lowest BCUT2D eigenvalue weighted by Crippen LogP contribution is -2.34. The van der Waals surface area contributed by atoms with E-state index >= 15 is 0 Å². The van der Waals surface area contributed by atoms with Crippen LogP contribution in [0.4, 0.5) is 5.82 Å². The molecule has 1 aromatic heterocycles. The Bertz CT molecular complexity index is 423. The molecule has 1 aromatic rings. The molecule has 0 spiro atoms. The number of nitrogens with one attached hydrogen (secondary N) is 1. The maximum Gasteiger partial charge on any atom is 0.236 e. The molecule has 0 aliphatic carbocycles. The van der Waals surface area contributed by atoms with E-state index in [9.17, 15) is 4.79 Å². The topological polar surface area (TPSA) is 74.5 Å². The fourth-order valence-corrected chi connectivity index (χ4v) is 2.12. The first-order chi connectivity index (χ1) is 8.70. The van der Waals surface area contributed by atoms with E-state index in [1.165, 1.54) is 0 Å². The van der Waals surface area contributed by atoms with Gasteiger partial charge in [-0.15, -0.1) is 0 Å². The van der Waals surface area contributed by atoms with Gasteiger partial charge in [0.1, 0.15) is 5.82 Å². The highest BCUT2D eigenvalue weighted by molar-refractivity contribution is 5.78. The van der Waals surface area contributed by atoms with Crippen molar-refractivity contribution >= 4 is 11.7 Å². The highest BCUT2D eigenvalue weighted by atomic mass is 16.2. The summed E-state index contributed by atoms with van der Waals surface area (Å²) in [4.78, 5) is 19.9. The monoisotopic (exact) mass is 249 g/mol. The van der Waals surface area contributed by atoms with Gasteiger partial charge in [-0.3, -0.25) is 9.69 Å². The molecule has 0 bridgehead atoms. The van der Waals surface area contributed by atoms with E-state index < -0.39 is 0 Å². The summed E-state index contributed by atoms with van der Waals surface area (Å²) in [6, 6.07) is 3.85. The number of likely N-dealkylation sites (N-methyl/N-ethyl adjacent to an activating group) is 1. The number of pyridine rings is 1. The van der Waals surface area contributed by atoms with Crippen molar-refractivity contribution in [2.24, 2.45) is 5.84 Å². The molecule has 0 atom stereocenters. The van der Waals surface area contributed by atoms with Gasteiger partial charge in [0.25, 0.3) is 0 Å². The van der Waals surface area contributed by atoms with Crippen molar-refractivity contribution < 1.29 is 4.79 Å². The van der Waals surface area contributed by atoms with Crippen LogP contribution in [0.5, 0.6) is 0 Å². The van der Waals surface area contributed by atoms with Crippen LogP contribution in [-0.4, -0.2) is 47.4 Å². The number of amides is 1. The van der Waals surface area contributed by atoms with E-state index in [0.29, 0.717) is 18.9 Å². The summed E-state index contributed by atoms with van der Waals surface area (Å²) in [5.74, 6) is 6.26. The Hall–Kier alpha value is -1.66. The maximum atomic E-state index is 11.8. The second-order valence-electron chi connectivity index (χ2n) is 4.53. The minimum absolute atomic E-state index is 0.165. The van der Waals surface area contributed by atoms with Gasteiger partial charge in [-0.2, -0.15) is 0 Å². The van der Waals surface area contributed by atoms with Gasteiger partial charge in [0, 0.05) is 38.4 Å². The summed E-state index contributed by atoms with van der Waals surface area (Å²) < 4.78 is 0. The van der Waals surface area contributed by atoms with Crippen molar-refractivity contribution in [2.45, 2.75) is 13.0 Å². The lowest BCUT2D eigenvalue weighted by Gasteiger charge is -2.20. The summed E-state index contributed by atoms with van der Waals surface area (Å²) in [6.45, 7) is 2.88. The normalized spacial score (nSPS) is 17.7. The van der Waals surface area contributed by atoms with Crippen molar-refractivity contribution in [2.75, 3.05) is 32.1 Å². The number of aromatic nitrogens is 1. The summed E-state index contributed by atoms with van der Waals surface area (Å²) >= 11 is 0. The molecule has 6 nitrogen and oxygen atoms in total. The molecule has 0 radical (unpaired) electrons. The lowest BCUT2D eigenvalue weighted by molar-refractivity contribution is -0.129. The van der Waals surface area contributed by atoms with Crippen LogP contribution >= 0.6 is 0 Å². The first kappa shape index (κ1) is 12.8. The highest BCUT2D eigenvalue weighted by Gasteiger charge is 2.19. The van der Waals surface area contributed by atoms with Crippen LogP contribution in [0, 0.1) is 0 Å². The number of nitrogens with two attached hydrogens (primary N) is 1. The van der Waals surface area contributed by atoms with E-state index in [2.05, 4.69) is 15.3 Å². The standard InChI is InChI=1S/C12H19N5O/c1-16-6-3-7-17(9-11(16)18)8-10-4-2-5-14-12(10)15-13/h2,4-5H,3,6-9,13H2,1H3,(H,14,15). The number of nitrogens with zero attached hydrogens (tertiary/aromatic N) is 3. The van der Waals surface area contributed by atoms with Crippen LogP contribution in [-0.2, 0) is 11.3 Å². The summed E-state index contributed by atoms with van der Waals surface area (Å²) in [5, 5.41) is 0. The van der Waals surface area contributed by atoms with E-state index in [1.807, 2.05) is 19.2 Å². The van der Waals surface area contributed by atoms with E-state index in [-0.39, 0.29) is 5.91 Å². The third-order valence-electron chi connectivity index (χ3n) is 3.17. The van der Waals surface area contributed by atoms with Gasteiger partial charge < -0.3 is 10.3 Å². The number of rotatable bonds is 3. The Morgan fingerprint density at radius 1 is 1.50 bits per heavy atom. The van der Waals surface area contributed by atoms with Gasteiger partial charge >= 0.3 is 0 Å². The molecule has 18 heavy (non-hydrogen) atoms. The molecule has 1 fully saturated rings. The van der Waals surface area contributed by atoms with Gasteiger partial charge in [-0.1, -0.05) is 6.07 Å². The van der Waals surface area contributed by atoms with Crippen molar-refractivity contribution in [3.05, 3.63) is 23.9 Å². The van der Waals surface area contributed by atoms with E-state index in [4.69, 9.17) is 5.84 Å². The number of carbonyl (C=O) groups excluding carboxylic acids is 1. The molecular weight excluding hydrogens is 230 g/mol. The highest BCUT2D eigenvalue weighted by Crippen LogP contribution is 2.14. The molecule has 0 aromatic carbocycles. The van der Waals surface area contributed by atoms with E-state index in [1.54, 1.807) is 11.1 Å². The Kier molecular flexibility index (Phi) is 4.11. The minimum Gasteiger partial charge on any atom is -0.345 e. The number of hydrazine groups is 1. The first-order valence-electron chi connectivity index (χ1n) is 6.07. The summed E-state index contributed by atoms with van der Waals surface area (Å²) in [5.41, 5.74) is 3.60. The molecule has 1 aliphatic rings. The third kappa shape index (κ3) is 2.96. The van der Waals surface area contributed by atoms with Gasteiger partial charge in [0.2, 0.25) is 5.91 Å². The molecule has 1 aliphatic heterocycles. The Morgan fingerprint density at radius 2 is 2.33 bits per heavy atom. The molecule has 6 heteroatoms. The van der Waals surface area contributed by atoms with Crippen molar-refractivity contribution in [1.29, 1.82) is 0 Å². The average Bonchev–Trinajstić information content (AvgIpc) is 2.53. The van der Waals surface area contributed by atoms with Crippen molar-refractivity contribution in [3.8, 4) is 0 Å². The zero-order valence-corrected chi connectivity index (χ0v) is 10.6. The van der Waals surface area contributed by atoms with Crippen molar-refractivity contribution in [1.82, 2.24) is 14.8 Å². The second kappa shape index (κ2) is 5.79. The molecule has 0 unspecified atom stereocenters. The minimum atomic E-state index is 0.165. The van der Waals surface area contributed by atoms with Gasteiger partial charge in [-0.05, 0) is 12.5 Å². The molecular formula is C12H19N5O. The fourth-order valence-electron chi connectivity index (χ4n) is 2.12. The number of hydrogen-bond acceptors (Lipinski definition) is 5. The second-order valence-corrected chi connectivity index (χ2v) is 4.53. The summed E-state index contributed by atoms with van der Waals surface area (Å²) in [6.07, 6.45) is 2.69. The van der Waals surface area contributed by atoms with Gasteiger partial charge in [-0.25, -0.2) is 10.8 Å². The SMILES string of the molecule is CN1CCCN(Cc2cccnc2NN)CC1=O. The predicted octanol–water partition coefficient (Wildman–Crippen LogP) is 0.0313. The smallest absolute Gasteiger partial charge is 0.236 e. The molecule has 3 N–H and O–H groups in total. The molecule has 1 amide bonds. The molecule has 98 valence electrons. The lowest BCUT2D eigenvalue weighted by atomic mass is 10.2. The van der Waals surface area contributed by atoms with Crippen LogP contribution in [0.1, 0.15) is 12.0 Å². The Morgan fingerprint density at radius 3 is 3.11 bits per heavy atom. The molecule has 2 rings (SSSR count). The fraction of sp³-hybridized carbons (Fsp3) is 0.500. The van der Waals surface area contributed by atoms with Crippen LogP contribution in [0.3, 0.4) is 0 Å². The van der Waals surface area contributed by atoms with Crippen LogP contribution in [0.2, 0.25) is 0 Å². The molecule has 1 saturated heterocycles. The Balaban J connectivity index is 2.06. The van der Waals surface area contributed by atoms with Gasteiger partial charge in [0.05, 0.1) is 6.54 Å². The zero-order chi connectivity index (χ0) is 13.0. The van der Waals surface area contributed by atoms with Crippen LogP contribution in [0.25, 0.3) is 0 Å². The maximum absolute atomic E-state index is 11.8. The summed E-state index contributed by atoms with van der Waals surface area (Å²) in [7, 11) is 1.85. The average molecular weight is 249 g/mol. The van der Waals surface area contributed by atoms with Crippen LogP contribution in [0.15, 0.2) is 18.3 Å². The zero-order valence-electron chi connectivity index (χ0n) is 10.6. The quantitative estimate of drug-likeness (QED) is 0.584. The Labute approximate surface area is 107 Å². The number of hydrogen-bond donors (Lipinski definition) is 2. The number of nitrogen functional groups attached to an aromatic ring is 1. The van der Waals surface area contributed by atoms with E-state index in [0.717, 1.165) is 25.1 Å². The third-order valence-corrected chi connectivity index (χ3v) is 3.17. The van der Waals surface area contributed by atoms with Gasteiger partial charge in [0.15, 0.2) is 0 Å². The first-order valence-corrected chi connectivity index (χ1v) is 6.07. The predicted molar refractivity (Wildman–Crippen MR) is 69.6 cm³/mol. The largest absolute Gasteiger partial charge is 0.345 e. The van der Waals surface area contributed by atoms with Crippen molar-refractivity contribution in [3.63, 3.8) is 0 Å². The number of anilines is 1. The van der Waals surface area contributed by atoms with Crippen LogP contribution < -0.4 is 11.3 Å². The molecule has 0 saturated carbocycles.